The van der Waals surface area contributed by atoms with E-state index < -0.39 is 0 Å². The number of ether oxygens (including phenoxy) is 1. The molecule has 0 radical (unpaired) electrons. The lowest BCUT2D eigenvalue weighted by Crippen LogP contribution is -2.05. The van der Waals surface area contributed by atoms with Gasteiger partial charge in [0.1, 0.15) is 18.1 Å². The molecule has 1 unspecified atom stereocenters. The molecule has 0 fully saturated rings. The molecule has 1 atom stereocenters. The molecule has 0 aliphatic heterocycles. The smallest absolute Gasteiger partial charge is 0.129 e. The molecule has 1 N–H and O–H groups in total. The van der Waals surface area contributed by atoms with Crippen molar-refractivity contribution in [1.82, 2.24) is 5.32 Å². The Hall–Kier alpha value is -0.800. The van der Waals surface area contributed by atoms with E-state index in [0.29, 0.717) is 12.5 Å². The molecule has 3 heteroatoms. The summed E-state index contributed by atoms with van der Waals surface area (Å²) in [5.41, 5.74) is 0. The van der Waals surface area contributed by atoms with E-state index in [1.54, 1.807) is 0 Å². The van der Waals surface area contributed by atoms with Crippen LogP contribution in [0.2, 0.25) is 0 Å². The van der Waals surface area contributed by atoms with Crippen LogP contribution in [0.1, 0.15) is 38.2 Å². The van der Waals surface area contributed by atoms with Gasteiger partial charge in [-0.15, -0.1) is 0 Å². The maximum Gasteiger partial charge on any atom is 0.129 e. The lowest BCUT2D eigenvalue weighted by Gasteiger charge is -2.09. The largest absolute Gasteiger partial charge is 0.462 e. The number of nitrogens with one attached hydrogen (secondary N) is 1. The third-order valence-corrected chi connectivity index (χ3v) is 2.50. The summed E-state index contributed by atoms with van der Waals surface area (Å²) in [6, 6.07) is 3.97. The van der Waals surface area contributed by atoms with Crippen molar-refractivity contribution < 1.29 is 9.15 Å². The molecule has 0 saturated heterocycles. The first-order valence-corrected chi connectivity index (χ1v) is 6.06. The molecule has 0 aromatic carbocycles. The summed E-state index contributed by atoms with van der Waals surface area (Å²) in [5.74, 6) is 2.51. The van der Waals surface area contributed by atoms with Crippen LogP contribution in [0, 0.1) is 5.92 Å². The van der Waals surface area contributed by atoms with Crippen molar-refractivity contribution in [1.29, 1.82) is 0 Å². The minimum absolute atomic E-state index is 0.581. The van der Waals surface area contributed by atoms with Crippen LogP contribution < -0.4 is 5.32 Å². The van der Waals surface area contributed by atoms with Gasteiger partial charge in [-0.2, -0.15) is 0 Å². The van der Waals surface area contributed by atoms with Gasteiger partial charge in [-0.25, -0.2) is 0 Å². The van der Waals surface area contributed by atoms with Crippen LogP contribution in [0.25, 0.3) is 0 Å². The standard InChI is InChI=1S/C13H23NO2/c1-4-5-11(2)9-15-10-13-7-6-12(16-13)8-14-3/h6-7,11,14H,4-5,8-10H2,1-3H3. The highest BCUT2D eigenvalue weighted by atomic mass is 16.5. The van der Waals surface area contributed by atoms with E-state index in [1.165, 1.54) is 12.8 Å². The number of hydrogen-bond acceptors (Lipinski definition) is 3. The molecule has 0 spiro atoms. The maximum absolute atomic E-state index is 5.61. The fourth-order valence-electron chi connectivity index (χ4n) is 1.71. The van der Waals surface area contributed by atoms with Gasteiger partial charge < -0.3 is 14.5 Å². The minimum atomic E-state index is 0.581. The van der Waals surface area contributed by atoms with Crippen LogP contribution in [0.5, 0.6) is 0 Å². The predicted molar refractivity (Wildman–Crippen MR) is 65.2 cm³/mol. The fourth-order valence-corrected chi connectivity index (χ4v) is 1.71. The summed E-state index contributed by atoms with van der Waals surface area (Å²) in [6.07, 6.45) is 2.45. The van der Waals surface area contributed by atoms with Gasteiger partial charge in [0.2, 0.25) is 0 Å². The molecule has 0 bridgehead atoms. The zero-order valence-electron chi connectivity index (χ0n) is 10.6. The van der Waals surface area contributed by atoms with E-state index in [0.717, 1.165) is 24.7 Å². The van der Waals surface area contributed by atoms with Crippen molar-refractivity contribution in [2.45, 2.75) is 39.8 Å². The van der Waals surface area contributed by atoms with Crippen molar-refractivity contribution in [3.05, 3.63) is 23.7 Å². The zero-order valence-corrected chi connectivity index (χ0v) is 10.6. The van der Waals surface area contributed by atoms with Gasteiger partial charge in [0, 0.05) is 6.61 Å². The average Bonchev–Trinajstić information content (AvgIpc) is 2.67. The lowest BCUT2D eigenvalue weighted by atomic mass is 10.1. The molecule has 16 heavy (non-hydrogen) atoms. The zero-order chi connectivity index (χ0) is 11.8. The number of hydrogen-bond donors (Lipinski definition) is 1. The van der Waals surface area contributed by atoms with Crippen molar-refractivity contribution >= 4 is 0 Å². The fraction of sp³-hybridized carbons (Fsp3) is 0.692. The second-order valence-electron chi connectivity index (χ2n) is 4.31. The first-order valence-electron chi connectivity index (χ1n) is 6.06. The Morgan fingerprint density at radius 3 is 2.81 bits per heavy atom. The molecule has 92 valence electrons. The Morgan fingerprint density at radius 1 is 1.38 bits per heavy atom. The van der Waals surface area contributed by atoms with Crippen LogP contribution in [-0.2, 0) is 17.9 Å². The summed E-state index contributed by atoms with van der Waals surface area (Å²) in [5, 5.41) is 3.05. The highest BCUT2D eigenvalue weighted by Crippen LogP contribution is 2.11. The van der Waals surface area contributed by atoms with Crippen LogP contribution >= 0.6 is 0 Å². The van der Waals surface area contributed by atoms with Crippen LogP contribution in [-0.4, -0.2) is 13.7 Å². The van der Waals surface area contributed by atoms with E-state index in [4.69, 9.17) is 9.15 Å². The van der Waals surface area contributed by atoms with E-state index in [2.05, 4.69) is 19.2 Å². The van der Waals surface area contributed by atoms with E-state index >= 15 is 0 Å². The molecule has 0 saturated carbocycles. The Bertz CT molecular complexity index is 283. The topological polar surface area (TPSA) is 34.4 Å². The molecule has 1 rings (SSSR count). The van der Waals surface area contributed by atoms with Crippen molar-refractivity contribution in [2.75, 3.05) is 13.7 Å². The third-order valence-electron chi connectivity index (χ3n) is 2.50. The van der Waals surface area contributed by atoms with Gasteiger partial charge in [0.05, 0.1) is 6.54 Å². The first kappa shape index (κ1) is 13.3. The molecule has 3 nitrogen and oxygen atoms in total. The van der Waals surface area contributed by atoms with Gasteiger partial charge in [0.15, 0.2) is 0 Å². The van der Waals surface area contributed by atoms with E-state index in [9.17, 15) is 0 Å². The lowest BCUT2D eigenvalue weighted by molar-refractivity contribution is 0.0769. The summed E-state index contributed by atoms with van der Waals surface area (Å²) < 4.78 is 11.2. The number of furan rings is 1. The Labute approximate surface area is 98.2 Å². The average molecular weight is 225 g/mol. The summed E-state index contributed by atoms with van der Waals surface area (Å²) in [7, 11) is 1.91. The van der Waals surface area contributed by atoms with E-state index in [-0.39, 0.29) is 0 Å². The number of rotatable bonds is 8. The monoisotopic (exact) mass is 225 g/mol. The second-order valence-corrected chi connectivity index (χ2v) is 4.31. The molecular weight excluding hydrogens is 202 g/mol. The summed E-state index contributed by atoms with van der Waals surface area (Å²) >= 11 is 0. The van der Waals surface area contributed by atoms with Crippen LogP contribution in [0.15, 0.2) is 16.5 Å². The summed E-state index contributed by atoms with van der Waals surface area (Å²) in [4.78, 5) is 0. The Kier molecular flexibility index (Phi) is 6.19. The maximum atomic E-state index is 5.61. The SMILES string of the molecule is CCCC(C)COCc1ccc(CNC)o1. The minimum Gasteiger partial charge on any atom is -0.462 e. The quantitative estimate of drug-likeness (QED) is 0.738. The van der Waals surface area contributed by atoms with Crippen LogP contribution in [0.3, 0.4) is 0 Å². The van der Waals surface area contributed by atoms with Gasteiger partial charge >= 0.3 is 0 Å². The van der Waals surface area contributed by atoms with Crippen molar-refractivity contribution in [3.63, 3.8) is 0 Å². The van der Waals surface area contributed by atoms with Gasteiger partial charge in [0.25, 0.3) is 0 Å². The molecule has 0 amide bonds. The molecule has 1 aromatic heterocycles. The Balaban J connectivity index is 2.21. The van der Waals surface area contributed by atoms with Crippen LogP contribution in [0.4, 0.5) is 0 Å². The van der Waals surface area contributed by atoms with Crippen molar-refractivity contribution in [3.8, 4) is 0 Å². The van der Waals surface area contributed by atoms with Gasteiger partial charge in [-0.3, -0.25) is 0 Å². The van der Waals surface area contributed by atoms with Gasteiger partial charge in [-0.1, -0.05) is 20.3 Å². The second kappa shape index (κ2) is 7.47. The normalized spacial score (nSPS) is 12.9. The Morgan fingerprint density at radius 2 is 2.12 bits per heavy atom. The van der Waals surface area contributed by atoms with E-state index in [1.807, 2.05) is 19.2 Å². The molecule has 1 heterocycles. The highest BCUT2D eigenvalue weighted by Gasteiger charge is 2.04. The highest BCUT2D eigenvalue weighted by molar-refractivity contribution is 5.06. The third kappa shape index (κ3) is 4.81. The predicted octanol–water partition coefficient (Wildman–Crippen LogP) is 2.95. The van der Waals surface area contributed by atoms with Gasteiger partial charge in [-0.05, 0) is 31.5 Å². The van der Waals surface area contributed by atoms with Crippen molar-refractivity contribution in [2.24, 2.45) is 5.92 Å². The molecule has 0 aliphatic rings. The first-order chi connectivity index (χ1) is 7.76. The molecule has 1 aromatic rings. The summed E-state index contributed by atoms with van der Waals surface area (Å²) in [6.45, 7) is 6.59. The molecular formula is C13H23NO2. The molecule has 0 aliphatic carbocycles.